The van der Waals surface area contributed by atoms with Gasteiger partial charge in [0.15, 0.2) is 0 Å². The van der Waals surface area contributed by atoms with Crippen molar-refractivity contribution in [3.8, 4) is 0 Å². The van der Waals surface area contributed by atoms with E-state index in [1.165, 1.54) is 0 Å². The Morgan fingerprint density at radius 2 is 2.16 bits per heavy atom. The summed E-state index contributed by atoms with van der Waals surface area (Å²) >= 11 is 0. The molecule has 0 saturated carbocycles. The van der Waals surface area contributed by atoms with Crippen LogP contribution in [0.2, 0.25) is 0 Å². The maximum absolute atomic E-state index is 12.7. The number of halogens is 4. The molecule has 0 aliphatic carbocycles. The lowest BCUT2D eigenvalue weighted by Crippen LogP contribution is -2.34. The Morgan fingerprint density at radius 1 is 1.47 bits per heavy atom. The summed E-state index contributed by atoms with van der Waals surface area (Å²) in [4.78, 5) is 0. The predicted octanol–water partition coefficient (Wildman–Crippen LogP) is 1.99. The molecule has 0 spiro atoms. The van der Waals surface area contributed by atoms with Crippen LogP contribution < -0.4 is 5.32 Å². The fourth-order valence-electron chi connectivity index (χ4n) is 1.49. The summed E-state index contributed by atoms with van der Waals surface area (Å²) in [6.07, 6.45) is -2.02. The molecule has 110 valence electrons. The van der Waals surface area contributed by atoms with Gasteiger partial charge in [-0.05, 0) is 12.6 Å². The van der Waals surface area contributed by atoms with E-state index < -0.39 is 25.0 Å². The quantitative estimate of drug-likeness (QED) is 0.742. The Morgan fingerprint density at radius 3 is 2.63 bits per heavy atom. The minimum atomic E-state index is -4.12. The largest absolute Gasteiger partial charge is 0.373 e. The molecule has 0 saturated heterocycles. The molecule has 1 heterocycles. The number of nitrogens with zero attached hydrogens (tertiary/aromatic N) is 2. The highest BCUT2D eigenvalue weighted by molar-refractivity contribution is 5.05. The van der Waals surface area contributed by atoms with Crippen molar-refractivity contribution in [1.82, 2.24) is 15.1 Å². The number of ether oxygens (including phenoxy) is 1. The lowest BCUT2D eigenvalue weighted by Gasteiger charge is -2.19. The molecule has 8 heteroatoms. The van der Waals surface area contributed by atoms with Gasteiger partial charge in [-0.2, -0.15) is 13.9 Å². The van der Waals surface area contributed by atoms with Crippen molar-refractivity contribution in [1.29, 1.82) is 0 Å². The Balaban J connectivity index is 2.51. The Hall–Kier alpha value is -1.15. The van der Waals surface area contributed by atoms with Crippen LogP contribution in [0, 0.1) is 0 Å². The molecule has 0 radical (unpaired) electrons. The van der Waals surface area contributed by atoms with Gasteiger partial charge in [0.25, 0.3) is 0 Å². The van der Waals surface area contributed by atoms with Gasteiger partial charge in [0.2, 0.25) is 0 Å². The molecule has 1 N–H and O–H groups in total. The van der Waals surface area contributed by atoms with Gasteiger partial charge >= 0.3 is 12.3 Å². The molecule has 0 bridgehead atoms. The van der Waals surface area contributed by atoms with Crippen LogP contribution in [-0.2, 0) is 11.8 Å². The standard InChI is InChI=1S/C11H17F4N3O/c1-3-16-9(8-4-5-18(2)17-8)6-19-7-11(14,15)10(12)13/h4-5,9-10,16H,3,6-7H2,1-2H3. The normalized spacial score (nSPS) is 14.1. The van der Waals surface area contributed by atoms with Gasteiger partial charge in [-0.1, -0.05) is 6.92 Å². The maximum Gasteiger partial charge on any atom is 0.330 e. The molecule has 1 unspecified atom stereocenters. The fraction of sp³-hybridized carbons (Fsp3) is 0.727. The SMILES string of the molecule is CCNC(COCC(F)(F)C(F)F)c1ccn(C)n1. The van der Waals surface area contributed by atoms with Crippen LogP contribution in [0.5, 0.6) is 0 Å². The molecule has 19 heavy (non-hydrogen) atoms. The molecule has 0 aromatic carbocycles. The summed E-state index contributed by atoms with van der Waals surface area (Å²) < 4.78 is 55.5. The Bertz CT molecular complexity index is 384. The zero-order valence-electron chi connectivity index (χ0n) is 10.7. The number of hydrogen-bond acceptors (Lipinski definition) is 3. The first-order valence-corrected chi connectivity index (χ1v) is 5.83. The third-order valence-electron chi connectivity index (χ3n) is 2.44. The average Bonchev–Trinajstić information content (AvgIpc) is 2.74. The van der Waals surface area contributed by atoms with Gasteiger partial charge in [-0.25, -0.2) is 8.78 Å². The Kier molecular flexibility index (Phi) is 5.74. The van der Waals surface area contributed by atoms with Crippen LogP contribution in [0.25, 0.3) is 0 Å². The van der Waals surface area contributed by atoms with E-state index in [9.17, 15) is 17.6 Å². The number of hydrogen-bond donors (Lipinski definition) is 1. The van der Waals surface area contributed by atoms with Crippen molar-refractivity contribution in [3.63, 3.8) is 0 Å². The van der Waals surface area contributed by atoms with Crippen LogP contribution in [0.1, 0.15) is 18.7 Å². The molecule has 0 fully saturated rings. The van der Waals surface area contributed by atoms with Crippen molar-refractivity contribution in [2.75, 3.05) is 19.8 Å². The summed E-state index contributed by atoms with van der Waals surface area (Å²) in [6.45, 7) is 0.964. The number of rotatable bonds is 8. The fourth-order valence-corrected chi connectivity index (χ4v) is 1.49. The number of aryl methyl sites for hydroxylation is 1. The Labute approximate surface area is 108 Å². The van der Waals surface area contributed by atoms with E-state index in [2.05, 4.69) is 10.4 Å². The van der Waals surface area contributed by atoms with Crippen molar-refractivity contribution >= 4 is 0 Å². The second-order valence-electron chi connectivity index (χ2n) is 4.10. The second kappa shape index (κ2) is 6.85. The number of alkyl halides is 4. The molecule has 1 rings (SSSR count). The first kappa shape index (κ1) is 15.9. The van der Waals surface area contributed by atoms with Crippen LogP contribution in [0.4, 0.5) is 17.6 Å². The molecular formula is C11H17F4N3O. The minimum absolute atomic E-state index is 0.146. The van der Waals surface area contributed by atoms with Crippen molar-refractivity contribution in [2.24, 2.45) is 7.05 Å². The molecule has 0 aliphatic rings. The smallest absolute Gasteiger partial charge is 0.330 e. The topological polar surface area (TPSA) is 39.1 Å². The lowest BCUT2D eigenvalue weighted by atomic mass is 10.2. The van der Waals surface area contributed by atoms with Gasteiger partial charge in [-0.15, -0.1) is 0 Å². The molecule has 1 aromatic rings. The number of nitrogens with one attached hydrogen (secondary N) is 1. The second-order valence-corrected chi connectivity index (χ2v) is 4.10. The van der Waals surface area contributed by atoms with Crippen LogP contribution in [-0.4, -0.2) is 41.9 Å². The monoisotopic (exact) mass is 283 g/mol. The lowest BCUT2D eigenvalue weighted by molar-refractivity contribution is -0.167. The molecule has 4 nitrogen and oxygen atoms in total. The van der Waals surface area contributed by atoms with Gasteiger partial charge in [-0.3, -0.25) is 4.68 Å². The van der Waals surface area contributed by atoms with E-state index in [0.29, 0.717) is 12.2 Å². The van der Waals surface area contributed by atoms with E-state index in [0.717, 1.165) is 0 Å². The first-order chi connectivity index (χ1) is 8.86. The predicted molar refractivity (Wildman–Crippen MR) is 61.4 cm³/mol. The van der Waals surface area contributed by atoms with E-state index in [1.54, 1.807) is 24.0 Å². The molecule has 1 aromatic heterocycles. The highest BCUT2D eigenvalue weighted by Gasteiger charge is 2.41. The van der Waals surface area contributed by atoms with E-state index in [4.69, 9.17) is 4.74 Å². The number of likely N-dealkylation sites (N-methyl/N-ethyl adjacent to an activating group) is 1. The highest BCUT2D eigenvalue weighted by Crippen LogP contribution is 2.23. The minimum Gasteiger partial charge on any atom is -0.373 e. The summed E-state index contributed by atoms with van der Waals surface area (Å²) in [6, 6.07) is 1.31. The van der Waals surface area contributed by atoms with Crippen LogP contribution in [0.3, 0.4) is 0 Å². The maximum atomic E-state index is 12.7. The van der Waals surface area contributed by atoms with Gasteiger partial charge in [0, 0.05) is 13.2 Å². The third-order valence-corrected chi connectivity index (χ3v) is 2.44. The van der Waals surface area contributed by atoms with Crippen LogP contribution in [0.15, 0.2) is 12.3 Å². The molecule has 1 atom stereocenters. The highest BCUT2D eigenvalue weighted by atomic mass is 19.3. The summed E-state index contributed by atoms with van der Waals surface area (Å²) in [7, 11) is 1.72. The van der Waals surface area contributed by atoms with E-state index in [-0.39, 0.29) is 6.61 Å². The van der Waals surface area contributed by atoms with Gasteiger partial charge in [0.05, 0.1) is 18.3 Å². The van der Waals surface area contributed by atoms with Crippen molar-refractivity contribution in [2.45, 2.75) is 25.3 Å². The summed E-state index contributed by atoms with van der Waals surface area (Å²) in [5.41, 5.74) is 0.615. The van der Waals surface area contributed by atoms with Crippen LogP contribution >= 0.6 is 0 Å². The number of aromatic nitrogens is 2. The summed E-state index contributed by atoms with van der Waals surface area (Å²) in [5, 5.41) is 7.11. The summed E-state index contributed by atoms with van der Waals surface area (Å²) in [5.74, 6) is -4.12. The zero-order valence-corrected chi connectivity index (χ0v) is 10.7. The average molecular weight is 283 g/mol. The van der Waals surface area contributed by atoms with Crippen molar-refractivity contribution in [3.05, 3.63) is 18.0 Å². The first-order valence-electron chi connectivity index (χ1n) is 5.83. The molecule has 0 aliphatic heterocycles. The molecule has 0 amide bonds. The van der Waals surface area contributed by atoms with Gasteiger partial charge < -0.3 is 10.1 Å². The molecular weight excluding hydrogens is 266 g/mol. The van der Waals surface area contributed by atoms with E-state index in [1.807, 2.05) is 6.92 Å². The van der Waals surface area contributed by atoms with E-state index >= 15 is 0 Å². The van der Waals surface area contributed by atoms with Crippen molar-refractivity contribution < 1.29 is 22.3 Å². The third kappa shape index (κ3) is 4.79. The van der Waals surface area contributed by atoms with Gasteiger partial charge in [0.1, 0.15) is 6.61 Å². The zero-order chi connectivity index (χ0) is 14.5.